The number of hydrogen-bond acceptors (Lipinski definition) is 4. The van der Waals surface area contributed by atoms with Gasteiger partial charge in [0.2, 0.25) is 0 Å². The molecule has 1 rings (SSSR count). The zero-order valence-electron chi connectivity index (χ0n) is 12.8. The Morgan fingerprint density at radius 3 is 1.41 bits per heavy atom. The number of esters is 2. The molecule has 0 fully saturated rings. The van der Waals surface area contributed by atoms with Crippen molar-refractivity contribution in [2.45, 2.75) is 13.8 Å². The molecule has 0 aliphatic rings. The zero-order valence-corrected chi connectivity index (χ0v) is 12.8. The molecule has 0 bridgehead atoms. The Labute approximate surface area is 130 Å². The number of carbonyl (C=O) groups is 2. The van der Waals surface area contributed by atoms with Crippen molar-refractivity contribution in [2.24, 2.45) is 0 Å². The van der Waals surface area contributed by atoms with Crippen molar-refractivity contribution in [3.63, 3.8) is 0 Å². The monoisotopic (exact) mass is 298 g/mol. The Morgan fingerprint density at radius 1 is 0.864 bits per heavy atom. The molecule has 0 N–H and O–H groups in total. The summed E-state index contributed by atoms with van der Waals surface area (Å²) in [7, 11) is 0. The Hall–Kier alpha value is -2.80. The standard InChI is InChI=1S/C18H18O4/c1-5-15(17(19)21-7-3)13-9-11-14(12-10-13)16(6-2)18(20)22-8-4/h9-12H,1-2,7-8H2,3-4H3. The molecule has 0 radical (unpaired) electrons. The van der Waals surface area contributed by atoms with Gasteiger partial charge in [0.25, 0.3) is 0 Å². The molecule has 22 heavy (non-hydrogen) atoms. The van der Waals surface area contributed by atoms with Gasteiger partial charge in [-0.3, -0.25) is 0 Å². The summed E-state index contributed by atoms with van der Waals surface area (Å²) >= 11 is 0. The molecular weight excluding hydrogens is 280 g/mol. The fourth-order valence-corrected chi connectivity index (χ4v) is 1.79. The first-order valence-electron chi connectivity index (χ1n) is 6.84. The van der Waals surface area contributed by atoms with Crippen LogP contribution in [0.4, 0.5) is 0 Å². The fraction of sp³-hybridized carbons (Fsp3) is 0.222. The van der Waals surface area contributed by atoms with Gasteiger partial charge in [0.15, 0.2) is 0 Å². The van der Waals surface area contributed by atoms with Gasteiger partial charge in [-0.05, 0) is 25.0 Å². The topological polar surface area (TPSA) is 52.6 Å². The largest absolute Gasteiger partial charge is 0.462 e. The minimum atomic E-state index is -0.491. The van der Waals surface area contributed by atoms with Crippen LogP contribution < -0.4 is 0 Å². The SMILES string of the molecule is C=C=C(C(=O)OCC)c1ccc(C(=C=C)C(=O)OCC)cc1. The predicted octanol–water partition coefficient (Wildman–Crippen LogP) is 3.15. The molecule has 0 amide bonds. The summed E-state index contributed by atoms with van der Waals surface area (Å²) in [6.45, 7) is 11.0. The van der Waals surface area contributed by atoms with Crippen LogP contribution in [0, 0.1) is 0 Å². The molecule has 114 valence electrons. The first kappa shape index (κ1) is 17.3. The molecule has 0 heterocycles. The van der Waals surface area contributed by atoms with Crippen molar-refractivity contribution in [3.05, 3.63) is 60.0 Å². The van der Waals surface area contributed by atoms with Crippen LogP contribution in [0.3, 0.4) is 0 Å². The highest BCUT2D eigenvalue weighted by Gasteiger charge is 2.15. The summed E-state index contributed by atoms with van der Waals surface area (Å²) in [4.78, 5) is 23.6. The third-order valence-electron chi connectivity index (χ3n) is 2.77. The number of rotatable bonds is 6. The molecule has 4 nitrogen and oxygen atoms in total. The minimum absolute atomic E-state index is 0.244. The van der Waals surface area contributed by atoms with E-state index in [4.69, 9.17) is 9.47 Å². The second-order valence-corrected chi connectivity index (χ2v) is 4.12. The predicted molar refractivity (Wildman–Crippen MR) is 84.8 cm³/mol. The summed E-state index contributed by atoms with van der Waals surface area (Å²) in [5.74, 6) is -0.981. The molecule has 4 heteroatoms. The Bertz CT molecular complexity index is 596. The highest BCUT2D eigenvalue weighted by Crippen LogP contribution is 2.20. The molecule has 0 aromatic heterocycles. The molecule has 0 saturated carbocycles. The average Bonchev–Trinajstić information content (AvgIpc) is 2.51. The second kappa shape index (κ2) is 8.48. The van der Waals surface area contributed by atoms with Gasteiger partial charge in [-0.2, -0.15) is 0 Å². The summed E-state index contributed by atoms with van der Waals surface area (Å²) < 4.78 is 9.88. The lowest BCUT2D eigenvalue weighted by atomic mass is 10.0. The molecule has 1 aromatic carbocycles. The quantitative estimate of drug-likeness (QED) is 0.460. The third kappa shape index (κ3) is 4.10. The van der Waals surface area contributed by atoms with Crippen molar-refractivity contribution in [2.75, 3.05) is 13.2 Å². The van der Waals surface area contributed by atoms with E-state index in [9.17, 15) is 9.59 Å². The van der Waals surface area contributed by atoms with Crippen molar-refractivity contribution >= 4 is 23.1 Å². The van der Waals surface area contributed by atoms with E-state index in [2.05, 4.69) is 24.6 Å². The van der Waals surface area contributed by atoms with Gasteiger partial charge in [-0.1, -0.05) is 37.4 Å². The van der Waals surface area contributed by atoms with Crippen molar-refractivity contribution in [3.8, 4) is 0 Å². The number of hydrogen-bond donors (Lipinski definition) is 0. The lowest BCUT2D eigenvalue weighted by molar-refractivity contribution is -0.137. The van der Waals surface area contributed by atoms with Crippen molar-refractivity contribution < 1.29 is 19.1 Å². The van der Waals surface area contributed by atoms with Crippen LogP contribution in [0.15, 0.2) is 48.9 Å². The smallest absolute Gasteiger partial charge is 0.346 e. The molecule has 0 saturated heterocycles. The van der Waals surface area contributed by atoms with Crippen LogP contribution in [-0.2, 0) is 19.1 Å². The molecule has 0 atom stereocenters. The fourth-order valence-electron chi connectivity index (χ4n) is 1.79. The van der Waals surface area contributed by atoms with E-state index >= 15 is 0 Å². The molecule has 0 unspecified atom stereocenters. The lowest BCUT2D eigenvalue weighted by Gasteiger charge is -2.07. The van der Waals surface area contributed by atoms with Gasteiger partial charge in [-0.15, -0.1) is 11.5 Å². The average molecular weight is 298 g/mol. The zero-order chi connectivity index (χ0) is 16.5. The van der Waals surface area contributed by atoms with E-state index in [1.807, 2.05) is 0 Å². The van der Waals surface area contributed by atoms with Gasteiger partial charge in [0, 0.05) is 0 Å². The highest BCUT2D eigenvalue weighted by molar-refractivity contribution is 6.17. The van der Waals surface area contributed by atoms with Crippen LogP contribution in [0.5, 0.6) is 0 Å². The van der Waals surface area contributed by atoms with Crippen LogP contribution in [0.1, 0.15) is 25.0 Å². The third-order valence-corrected chi connectivity index (χ3v) is 2.77. The Morgan fingerprint density at radius 2 is 1.18 bits per heavy atom. The van der Waals surface area contributed by atoms with Crippen LogP contribution >= 0.6 is 0 Å². The van der Waals surface area contributed by atoms with E-state index in [0.29, 0.717) is 11.1 Å². The van der Waals surface area contributed by atoms with Gasteiger partial charge in [-0.25, -0.2) is 9.59 Å². The summed E-state index contributed by atoms with van der Waals surface area (Å²) in [6.07, 6.45) is 0. The second-order valence-electron chi connectivity index (χ2n) is 4.12. The normalized spacial score (nSPS) is 9.18. The number of carbonyl (C=O) groups excluding carboxylic acids is 2. The minimum Gasteiger partial charge on any atom is -0.462 e. The number of ether oxygens (including phenoxy) is 2. The van der Waals surface area contributed by atoms with Crippen molar-refractivity contribution in [1.82, 2.24) is 0 Å². The maximum Gasteiger partial charge on any atom is 0.346 e. The molecular formula is C18H18O4. The first-order chi connectivity index (χ1) is 10.6. The molecule has 0 aliphatic heterocycles. The van der Waals surface area contributed by atoms with E-state index < -0.39 is 11.9 Å². The highest BCUT2D eigenvalue weighted by atomic mass is 16.5. The first-order valence-corrected chi connectivity index (χ1v) is 6.84. The van der Waals surface area contributed by atoms with E-state index in [1.54, 1.807) is 38.1 Å². The van der Waals surface area contributed by atoms with E-state index in [1.165, 1.54) is 0 Å². The van der Waals surface area contributed by atoms with E-state index in [-0.39, 0.29) is 24.4 Å². The summed E-state index contributed by atoms with van der Waals surface area (Å²) in [5.41, 5.74) is 6.84. The molecule has 0 spiro atoms. The van der Waals surface area contributed by atoms with Gasteiger partial charge >= 0.3 is 11.9 Å². The molecule has 0 aliphatic carbocycles. The van der Waals surface area contributed by atoms with E-state index in [0.717, 1.165) is 0 Å². The maximum atomic E-state index is 11.8. The Balaban J connectivity index is 3.09. The van der Waals surface area contributed by atoms with Crippen LogP contribution in [0.25, 0.3) is 11.1 Å². The summed E-state index contributed by atoms with van der Waals surface area (Å²) in [5, 5.41) is 0. The van der Waals surface area contributed by atoms with Crippen LogP contribution in [-0.4, -0.2) is 25.2 Å². The maximum absolute atomic E-state index is 11.8. The molecule has 1 aromatic rings. The summed E-state index contributed by atoms with van der Waals surface area (Å²) in [6, 6.07) is 6.71. The lowest BCUT2D eigenvalue weighted by Crippen LogP contribution is -2.07. The van der Waals surface area contributed by atoms with Gasteiger partial charge in [0.1, 0.15) is 11.1 Å². The number of benzene rings is 1. The van der Waals surface area contributed by atoms with Crippen molar-refractivity contribution in [1.29, 1.82) is 0 Å². The Kier molecular flexibility index (Phi) is 6.65. The van der Waals surface area contributed by atoms with Gasteiger partial charge in [0.05, 0.1) is 13.2 Å². The van der Waals surface area contributed by atoms with Crippen LogP contribution in [0.2, 0.25) is 0 Å². The van der Waals surface area contributed by atoms with Gasteiger partial charge < -0.3 is 9.47 Å².